The van der Waals surface area contributed by atoms with Gasteiger partial charge in [-0.25, -0.2) is 0 Å². The molecule has 14 heavy (non-hydrogen) atoms. The molecule has 0 nitrogen and oxygen atoms in total. The van der Waals surface area contributed by atoms with Gasteiger partial charge in [-0.3, -0.25) is 0 Å². The Morgan fingerprint density at radius 3 is 3.14 bits per heavy atom. The molecule has 2 aliphatic carbocycles. The number of terminal acetylenes is 1. The molecule has 0 heteroatoms. The summed E-state index contributed by atoms with van der Waals surface area (Å²) >= 11 is 0. The van der Waals surface area contributed by atoms with Gasteiger partial charge in [-0.05, 0) is 25.7 Å². The smallest absolute Gasteiger partial charge is 0.0305 e. The van der Waals surface area contributed by atoms with E-state index >= 15 is 0 Å². The van der Waals surface area contributed by atoms with Crippen molar-refractivity contribution in [3.63, 3.8) is 0 Å². The lowest BCUT2D eigenvalue weighted by molar-refractivity contribution is 0.456. The van der Waals surface area contributed by atoms with Gasteiger partial charge >= 0.3 is 0 Å². The zero-order valence-corrected chi connectivity index (χ0v) is 8.66. The molecule has 0 N–H and O–H groups in total. The van der Waals surface area contributed by atoms with Crippen LogP contribution in [0.5, 0.6) is 0 Å². The second kappa shape index (κ2) is 3.88. The van der Waals surface area contributed by atoms with Crippen molar-refractivity contribution < 1.29 is 0 Å². The largest absolute Gasteiger partial charge is 0.120 e. The molecular weight excluding hydrogens is 168 g/mol. The molecule has 2 rings (SSSR count). The molecule has 2 atom stereocenters. The van der Waals surface area contributed by atoms with Crippen LogP contribution in [0.1, 0.15) is 26.2 Å². The van der Waals surface area contributed by atoms with E-state index in [1.807, 2.05) is 0 Å². The number of hydrogen-bond donors (Lipinski definition) is 0. The van der Waals surface area contributed by atoms with Crippen LogP contribution in [-0.2, 0) is 0 Å². The minimum absolute atomic E-state index is 0.607. The number of rotatable bonds is 1. The van der Waals surface area contributed by atoms with Gasteiger partial charge in [-0.15, -0.1) is 12.3 Å². The monoisotopic (exact) mass is 184 g/mol. The lowest BCUT2D eigenvalue weighted by Crippen LogP contribution is -2.20. The van der Waals surface area contributed by atoms with Crippen molar-refractivity contribution >= 4 is 0 Å². The van der Waals surface area contributed by atoms with Gasteiger partial charge in [0.05, 0.1) is 0 Å². The first kappa shape index (κ1) is 9.34. The van der Waals surface area contributed by atoms with Crippen molar-refractivity contribution in [3.05, 3.63) is 35.5 Å². The van der Waals surface area contributed by atoms with Gasteiger partial charge in [0, 0.05) is 12.3 Å². The molecule has 0 saturated carbocycles. The fourth-order valence-electron chi connectivity index (χ4n) is 2.50. The summed E-state index contributed by atoms with van der Waals surface area (Å²) in [4.78, 5) is 0. The van der Waals surface area contributed by atoms with Crippen LogP contribution in [-0.4, -0.2) is 0 Å². The van der Waals surface area contributed by atoms with Crippen LogP contribution in [0.4, 0.5) is 0 Å². The second-order valence-electron chi connectivity index (χ2n) is 4.14. The first-order valence-electron chi connectivity index (χ1n) is 5.31. The highest BCUT2D eigenvalue weighted by Crippen LogP contribution is 2.38. The molecule has 0 heterocycles. The molecule has 0 spiro atoms. The summed E-state index contributed by atoms with van der Waals surface area (Å²) in [6.07, 6.45) is 17.9. The van der Waals surface area contributed by atoms with E-state index in [0.29, 0.717) is 11.8 Å². The van der Waals surface area contributed by atoms with Crippen LogP contribution >= 0.6 is 0 Å². The SMILES string of the molecule is C#CCC1=C(C)C=CC2C=CCCC12. The Balaban J connectivity index is 2.30. The highest BCUT2D eigenvalue weighted by molar-refractivity contribution is 5.36. The molecule has 0 fully saturated rings. The molecule has 72 valence electrons. The van der Waals surface area contributed by atoms with Crippen LogP contribution in [0.3, 0.4) is 0 Å². The highest BCUT2D eigenvalue weighted by Gasteiger charge is 2.26. The zero-order valence-electron chi connectivity index (χ0n) is 8.66. The van der Waals surface area contributed by atoms with Crippen LogP contribution < -0.4 is 0 Å². The third-order valence-corrected chi connectivity index (χ3v) is 3.28. The van der Waals surface area contributed by atoms with Crippen molar-refractivity contribution in [2.75, 3.05) is 0 Å². The van der Waals surface area contributed by atoms with E-state index in [4.69, 9.17) is 6.42 Å². The molecule has 0 aromatic rings. The predicted octanol–water partition coefficient (Wildman–Crippen LogP) is 3.48. The van der Waals surface area contributed by atoms with E-state index in [-0.39, 0.29) is 0 Å². The third kappa shape index (κ3) is 1.55. The maximum Gasteiger partial charge on any atom is 0.0305 e. The maximum absolute atomic E-state index is 5.42. The molecule has 0 radical (unpaired) electrons. The normalized spacial score (nSPS) is 30.0. The van der Waals surface area contributed by atoms with E-state index in [0.717, 1.165) is 6.42 Å². The summed E-state index contributed by atoms with van der Waals surface area (Å²) in [5.74, 6) is 4.07. The minimum atomic E-state index is 0.607. The van der Waals surface area contributed by atoms with Crippen molar-refractivity contribution in [1.82, 2.24) is 0 Å². The Labute approximate surface area is 86.4 Å². The van der Waals surface area contributed by atoms with Gasteiger partial charge in [-0.2, -0.15) is 0 Å². The predicted molar refractivity (Wildman–Crippen MR) is 60.6 cm³/mol. The summed E-state index contributed by atoms with van der Waals surface area (Å²) in [5, 5.41) is 0. The van der Waals surface area contributed by atoms with Gasteiger partial charge in [0.15, 0.2) is 0 Å². The first-order valence-corrected chi connectivity index (χ1v) is 5.31. The van der Waals surface area contributed by atoms with E-state index in [1.165, 1.54) is 24.0 Å². The van der Waals surface area contributed by atoms with E-state index in [1.54, 1.807) is 0 Å². The van der Waals surface area contributed by atoms with E-state index in [9.17, 15) is 0 Å². The van der Waals surface area contributed by atoms with Gasteiger partial charge in [0.25, 0.3) is 0 Å². The minimum Gasteiger partial charge on any atom is -0.120 e. The molecule has 0 amide bonds. The summed E-state index contributed by atoms with van der Waals surface area (Å²) in [6, 6.07) is 0. The number of fused-ring (bicyclic) bond motifs is 1. The van der Waals surface area contributed by atoms with Crippen molar-refractivity contribution in [2.24, 2.45) is 11.8 Å². The summed E-state index contributed by atoms with van der Waals surface area (Å²) in [5.41, 5.74) is 2.88. The Bertz CT molecular complexity index is 347. The van der Waals surface area contributed by atoms with Crippen molar-refractivity contribution in [3.8, 4) is 12.3 Å². The molecule has 0 aromatic heterocycles. The van der Waals surface area contributed by atoms with Gasteiger partial charge in [-0.1, -0.05) is 35.5 Å². The van der Waals surface area contributed by atoms with Crippen LogP contribution in [0, 0.1) is 24.2 Å². The average molecular weight is 184 g/mol. The van der Waals surface area contributed by atoms with E-state index < -0.39 is 0 Å². The Morgan fingerprint density at radius 1 is 1.50 bits per heavy atom. The molecular formula is C14H16. The Hall–Kier alpha value is -1.22. The first-order chi connectivity index (χ1) is 6.83. The highest BCUT2D eigenvalue weighted by atomic mass is 14.3. The zero-order chi connectivity index (χ0) is 9.97. The summed E-state index contributed by atoms with van der Waals surface area (Å²) in [6.45, 7) is 2.18. The molecule has 2 aliphatic rings. The maximum atomic E-state index is 5.42. The number of allylic oxidation sites excluding steroid dienone is 6. The van der Waals surface area contributed by atoms with E-state index in [2.05, 4.69) is 37.1 Å². The fraction of sp³-hybridized carbons (Fsp3) is 0.429. The fourth-order valence-corrected chi connectivity index (χ4v) is 2.50. The third-order valence-electron chi connectivity index (χ3n) is 3.28. The molecule has 0 aliphatic heterocycles. The summed E-state index contributed by atoms with van der Waals surface area (Å²) < 4.78 is 0. The lowest BCUT2D eigenvalue weighted by Gasteiger charge is -2.31. The molecule has 0 saturated heterocycles. The molecule has 0 aromatic carbocycles. The summed E-state index contributed by atoms with van der Waals surface area (Å²) in [7, 11) is 0. The second-order valence-corrected chi connectivity index (χ2v) is 4.14. The number of hydrogen-bond acceptors (Lipinski definition) is 0. The van der Waals surface area contributed by atoms with Crippen LogP contribution in [0.2, 0.25) is 0 Å². The quantitative estimate of drug-likeness (QED) is 0.432. The van der Waals surface area contributed by atoms with Crippen molar-refractivity contribution in [1.29, 1.82) is 0 Å². The van der Waals surface area contributed by atoms with Crippen LogP contribution in [0.15, 0.2) is 35.5 Å². The Morgan fingerprint density at radius 2 is 2.36 bits per heavy atom. The van der Waals surface area contributed by atoms with Gasteiger partial charge in [0.1, 0.15) is 0 Å². The molecule has 0 bridgehead atoms. The van der Waals surface area contributed by atoms with Gasteiger partial charge in [0.2, 0.25) is 0 Å². The average Bonchev–Trinajstić information content (AvgIpc) is 2.23. The lowest BCUT2D eigenvalue weighted by atomic mass is 9.73. The topological polar surface area (TPSA) is 0 Å². The Kier molecular flexibility index (Phi) is 2.59. The standard InChI is InChI=1S/C14H16/c1-3-6-13-11(2)9-10-12-7-4-5-8-14(12)13/h1,4,7,9-10,12,14H,5-6,8H2,2H3. The van der Waals surface area contributed by atoms with Gasteiger partial charge < -0.3 is 0 Å². The van der Waals surface area contributed by atoms with Crippen LogP contribution in [0.25, 0.3) is 0 Å². The van der Waals surface area contributed by atoms with Crippen molar-refractivity contribution in [2.45, 2.75) is 26.2 Å². The molecule has 2 unspecified atom stereocenters.